The van der Waals surface area contributed by atoms with E-state index in [0.717, 1.165) is 32.4 Å². The topological polar surface area (TPSA) is 28.4 Å². The molecule has 3 heteroatoms. The molecule has 2 rings (SSSR count). The highest BCUT2D eigenvalue weighted by Crippen LogP contribution is 2.31. The van der Waals surface area contributed by atoms with Crippen molar-refractivity contribution < 1.29 is 5.11 Å². The van der Waals surface area contributed by atoms with Gasteiger partial charge in [-0.3, -0.25) is 0 Å². The minimum atomic E-state index is -0.233. The number of likely N-dealkylation sites (N-methyl/N-ethyl adjacent to an activating group) is 1. The predicted octanol–water partition coefficient (Wildman–Crippen LogP) is 1.73. The van der Waals surface area contributed by atoms with E-state index < -0.39 is 0 Å². The first-order valence-corrected chi connectivity index (χ1v) is 6.11. The Morgan fingerprint density at radius 1 is 1.50 bits per heavy atom. The van der Waals surface area contributed by atoms with Crippen LogP contribution in [-0.2, 0) is 13.0 Å². The second-order valence-corrected chi connectivity index (χ2v) is 5.05. The van der Waals surface area contributed by atoms with Gasteiger partial charge in [-0.15, -0.1) is 0 Å². The van der Waals surface area contributed by atoms with Crippen molar-refractivity contribution in [2.24, 2.45) is 0 Å². The molecule has 1 atom stereocenters. The maximum atomic E-state index is 9.95. The molecule has 16 heavy (non-hydrogen) atoms. The van der Waals surface area contributed by atoms with E-state index in [1.54, 1.807) is 0 Å². The summed E-state index contributed by atoms with van der Waals surface area (Å²) < 4.78 is 2.37. The van der Waals surface area contributed by atoms with E-state index in [4.69, 9.17) is 0 Å². The maximum absolute atomic E-state index is 9.95. The van der Waals surface area contributed by atoms with Crippen LogP contribution in [0, 0.1) is 6.92 Å². The first-order valence-electron chi connectivity index (χ1n) is 6.11. The Morgan fingerprint density at radius 2 is 2.25 bits per heavy atom. The highest BCUT2D eigenvalue weighted by atomic mass is 16.3. The summed E-state index contributed by atoms with van der Waals surface area (Å²) in [5, 5.41) is 9.95. The van der Waals surface area contributed by atoms with Gasteiger partial charge in [0.1, 0.15) is 0 Å². The summed E-state index contributed by atoms with van der Waals surface area (Å²) in [6.45, 7) is 4.22. The SMILES string of the molecule is Cc1cc2c(n1CCN(C)C)CCCC2O. The van der Waals surface area contributed by atoms with Crippen LogP contribution in [0.4, 0.5) is 0 Å². The second kappa shape index (κ2) is 4.60. The zero-order valence-electron chi connectivity index (χ0n) is 10.5. The fourth-order valence-corrected chi connectivity index (χ4v) is 2.55. The Bertz CT molecular complexity index is 368. The molecule has 0 fully saturated rings. The Morgan fingerprint density at radius 3 is 2.94 bits per heavy atom. The molecule has 1 aromatic rings. The lowest BCUT2D eigenvalue weighted by atomic mass is 9.95. The predicted molar refractivity (Wildman–Crippen MR) is 65.6 cm³/mol. The molecule has 1 aromatic heterocycles. The smallest absolute Gasteiger partial charge is 0.0807 e. The van der Waals surface area contributed by atoms with Crippen LogP contribution in [0.1, 0.15) is 35.9 Å². The average Bonchev–Trinajstić information content (AvgIpc) is 2.53. The van der Waals surface area contributed by atoms with Crippen molar-refractivity contribution in [3.8, 4) is 0 Å². The molecule has 1 aliphatic rings. The second-order valence-electron chi connectivity index (χ2n) is 5.05. The van der Waals surface area contributed by atoms with Crippen molar-refractivity contribution in [3.05, 3.63) is 23.0 Å². The van der Waals surface area contributed by atoms with Crippen LogP contribution < -0.4 is 0 Å². The molecule has 3 nitrogen and oxygen atoms in total. The number of fused-ring (bicyclic) bond motifs is 1. The summed E-state index contributed by atoms with van der Waals surface area (Å²) in [4.78, 5) is 2.20. The number of aryl methyl sites for hydroxylation is 1. The lowest BCUT2D eigenvalue weighted by Gasteiger charge is -2.21. The molecule has 90 valence electrons. The third-order valence-electron chi connectivity index (χ3n) is 3.47. The van der Waals surface area contributed by atoms with E-state index in [1.165, 1.54) is 17.0 Å². The van der Waals surface area contributed by atoms with Gasteiger partial charge in [0.15, 0.2) is 0 Å². The third kappa shape index (κ3) is 2.15. The van der Waals surface area contributed by atoms with Crippen LogP contribution in [0.2, 0.25) is 0 Å². The fraction of sp³-hybridized carbons (Fsp3) is 0.692. The standard InChI is InChI=1S/C13H22N2O/c1-10-9-11-12(5-4-6-13(11)16)15(10)8-7-14(2)3/h9,13,16H,4-8H2,1-3H3. The molecule has 0 bridgehead atoms. The van der Waals surface area contributed by atoms with Crippen molar-refractivity contribution >= 4 is 0 Å². The first-order chi connectivity index (χ1) is 7.59. The van der Waals surface area contributed by atoms with E-state index in [0.29, 0.717) is 0 Å². The molecule has 1 N–H and O–H groups in total. The summed E-state index contributed by atoms with van der Waals surface area (Å²) in [5.74, 6) is 0. The highest BCUT2D eigenvalue weighted by Gasteiger charge is 2.22. The van der Waals surface area contributed by atoms with Crippen LogP contribution in [0.5, 0.6) is 0 Å². The van der Waals surface area contributed by atoms with Crippen LogP contribution in [-0.4, -0.2) is 35.2 Å². The molecule has 0 aromatic carbocycles. The van der Waals surface area contributed by atoms with Crippen molar-refractivity contribution in [2.75, 3.05) is 20.6 Å². The summed E-state index contributed by atoms with van der Waals surface area (Å²) in [6.07, 6.45) is 2.92. The third-order valence-corrected chi connectivity index (χ3v) is 3.47. The number of hydrogen-bond donors (Lipinski definition) is 1. The maximum Gasteiger partial charge on any atom is 0.0807 e. The molecular formula is C13H22N2O. The van der Waals surface area contributed by atoms with Crippen LogP contribution in [0.3, 0.4) is 0 Å². The van der Waals surface area contributed by atoms with E-state index in [-0.39, 0.29) is 6.10 Å². The molecule has 0 amide bonds. The number of aromatic nitrogens is 1. The van der Waals surface area contributed by atoms with Gasteiger partial charge in [0.2, 0.25) is 0 Å². The summed E-state index contributed by atoms with van der Waals surface area (Å²) in [6, 6.07) is 2.16. The number of rotatable bonds is 3. The van der Waals surface area contributed by atoms with Crippen molar-refractivity contribution in [1.29, 1.82) is 0 Å². The van der Waals surface area contributed by atoms with Gasteiger partial charge in [-0.1, -0.05) is 0 Å². The van der Waals surface area contributed by atoms with Crippen LogP contribution in [0.15, 0.2) is 6.07 Å². The monoisotopic (exact) mass is 222 g/mol. The van der Waals surface area contributed by atoms with E-state index in [1.807, 2.05) is 0 Å². The quantitative estimate of drug-likeness (QED) is 0.843. The number of nitrogens with zero attached hydrogens (tertiary/aromatic N) is 2. The lowest BCUT2D eigenvalue weighted by Crippen LogP contribution is -2.21. The Balaban J connectivity index is 2.24. The Hall–Kier alpha value is -0.800. The van der Waals surface area contributed by atoms with Gasteiger partial charge in [-0.2, -0.15) is 0 Å². The normalized spacial score (nSPS) is 20.2. The number of hydrogen-bond acceptors (Lipinski definition) is 2. The fourth-order valence-electron chi connectivity index (χ4n) is 2.55. The largest absolute Gasteiger partial charge is 0.388 e. The average molecular weight is 222 g/mol. The Kier molecular flexibility index (Phi) is 3.36. The van der Waals surface area contributed by atoms with Gasteiger partial charge >= 0.3 is 0 Å². The summed E-state index contributed by atoms with van der Waals surface area (Å²) in [5.41, 5.74) is 3.81. The molecular weight excluding hydrogens is 200 g/mol. The molecule has 1 heterocycles. The van der Waals surface area contributed by atoms with Gasteiger partial charge in [-0.25, -0.2) is 0 Å². The zero-order valence-corrected chi connectivity index (χ0v) is 10.5. The van der Waals surface area contributed by atoms with Crippen molar-refractivity contribution in [1.82, 2.24) is 9.47 Å². The minimum absolute atomic E-state index is 0.233. The molecule has 1 aliphatic carbocycles. The zero-order chi connectivity index (χ0) is 11.7. The van der Waals surface area contributed by atoms with Crippen LogP contribution in [0.25, 0.3) is 0 Å². The van der Waals surface area contributed by atoms with E-state index >= 15 is 0 Å². The summed E-state index contributed by atoms with van der Waals surface area (Å²) >= 11 is 0. The van der Waals surface area contributed by atoms with E-state index in [2.05, 4.69) is 36.6 Å². The molecule has 0 radical (unpaired) electrons. The molecule has 0 saturated carbocycles. The van der Waals surface area contributed by atoms with Gasteiger partial charge < -0.3 is 14.6 Å². The van der Waals surface area contributed by atoms with Gasteiger partial charge in [0, 0.05) is 30.0 Å². The molecule has 0 aliphatic heterocycles. The summed E-state index contributed by atoms with van der Waals surface area (Å²) in [7, 11) is 4.19. The van der Waals surface area contributed by atoms with Gasteiger partial charge in [0.25, 0.3) is 0 Å². The molecule has 1 unspecified atom stereocenters. The number of aliphatic hydroxyl groups is 1. The van der Waals surface area contributed by atoms with E-state index in [9.17, 15) is 5.11 Å². The molecule has 0 spiro atoms. The van der Waals surface area contributed by atoms with Crippen molar-refractivity contribution in [3.63, 3.8) is 0 Å². The van der Waals surface area contributed by atoms with Gasteiger partial charge in [0.05, 0.1) is 6.10 Å². The van der Waals surface area contributed by atoms with Gasteiger partial charge in [-0.05, 0) is 46.3 Å². The van der Waals surface area contributed by atoms with Crippen molar-refractivity contribution in [2.45, 2.75) is 38.8 Å². The first kappa shape index (κ1) is 11.7. The lowest BCUT2D eigenvalue weighted by molar-refractivity contribution is 0.155. The minimum Gasteiger partial charge on any atom is -0.388 e. The Labute approximate surface area is 97.7 Å². The number of aliphatic hydroxyl groups excluding tert-OH is 1. The highest BCUT2D eigenvalue weighted by molar-refractivity contribution is 5.31. The molecule has 0 saturated heterocycles. The van der Waals surface area contributed by atoms with Crippen LogP contribution >= 0.6 is 0 Å².